The number of nitrogens with zero attached hydrogens (tertiary/aromatic N) is 1. The van der Waals surface area contributed by atoms with Crippen LogP contribution in [0, 0.1) is 0 Å². The molecular formula is C19H28N2. The molecule has 1 heterocycles. The highest BCUT2D eigenvalue weighted by atomic mass is 15.2. The van der Waals surface area contributed by atoms with Crippen molar-refractivity contribution in [3.05, 3.63) is 47.5 Å². The van der Waals surface area contributed by atoms with Gasteiger partial charge in [0.2, 0.25) is 0 Å². The van der Waals surface area contributed by atoms with Crippen LogP contribution < -0.4 is 5.32 Å². The molecule has 1 aliphatic carbocycles. The van der Waals surface area contributed by atoms with Crippen molar-refractivity contribution < 1.29 is 0 Å². The van der Waals surface area contributed by atoms with Crippen LogP contribution in [-0.4, -0.2) is 30.1 Å². The van der Waals surface area contributed by atoms with Crippen molar-refractivity contribution in [1.82, 2.24) is 10.2 Å². The van der Waals surface area contributed by atoms with E-state index in [1.807, 2.05) is 0 Å². The van der Waals surface area contributed by atoms with E-state index in [0.29, 0.717) is 6.04 Å². The number of piperazine rings is 1. The summed E-state index contributed by atoms with van der Waals surface area (Å²) in [4.78, 5) is 2.69. The molecule has 3 rings (SSSR count). The Morgan fingerprint density at radius 3 is 2.76 bits per heavy atom. The van der Waals surface area contributed by atoms with Gasteiger partial charge < -0.3 is 5.32 Å². The molecule has 114 valence electrons. The first-order chi connectivity index (χ1) is 10.1. The van der Waals surface area contributed by atoms with E-state index in [4.69, 9.17) is 0 Å². The van der Waals surface area contributed by atoms with Crippen LogP contribution in [0.25, 0.3) is 0 Å². The Hall–Kier alpha value is -1.12. The van der Waals surface area contributed by atoms with Crippen LogP contribution in [-0.2, 0) is 0 Å². The standard InChI is InChI=1S/C19H28N2/c1-19(2)15-21(13-12-16-8-6-7-9-16)18(14-20-19)17-10-4-3-5-11-17/h3-5,8,10-11,18,20H,6-7,9,12-15H2,1-2H3. The fourth-order valence-electron chi connectivity index (χ4n) is 3.67. The first-order valence-electron chi connectivity index (χ1n) is 8.36. The summed E-state index contributed by atoms with van der Waals surface area (Å²) in [6.07, 6.45) is 7.70. The second-order valence-electron chi connectivity index (χ2n) is 7.17. The van der Waals surface area contributed by atoms with Gasteiger partial charge in [-0.2, -0.15) is 0 Å². The van der Waals surface area contributed by atoms with E-state index in [9.17, 15) is 0 Å². The first kappa shape index (κ1) is 14.8. The average Bonchev–Trinajstić information content (AvgIpc) is 2.98. The maximum atomic E-state index is 3.71. The van der Waals surface area contributed by atoms with Crippen LogP contribution in [0.1, 0.15) is 51.1 Å². The van der Waals surface area contributed by atoms with Crippen LogP contribution in [0.4, 0.5) is 0 Å². The summed E-state index contributed by atoms with van der Waals surface area (Å²) in [5.41, 5.74) is 3.34. The average molecular weight is 284 g/mol. The van der Waals surface area contributed by atoms with Gasteiger partial charge in [0.15, 0.2) is 0 Å². The first-order valence-corrected chi connectivity index (χ1v) is 8.36. The van der Waals surface area contributed by atoms with Gasteiger partial charge in [-0.3, -0.25) is 4.90 Å². The zero-order chi connectivity index (χ0) is 14.7. The van der Waals surface area contributed by atoms with Crippen molar-refractivity contribution >= 4 is 0 Å². The van der Waals surface area contributed by atoms with E-state index in [1.165, 1.54) is 37.8 Å². The lowest BCUT2D eigenvalue weighted by Crippen LogP contribution is -2.58. The normalized spacial score (nSPS) is 25.8. The van der Waals surface area contributed by atoms with Gasteiger partial charge in [0.05, 0.1) is 0 Å². The summed E-state index contributed by atoms with van der Waals surface area (Å²) in [5, 5.41) is 3.71. The quantitative estimate of drug-likeness (QED) is 0.843. The summed E-state index contributed by atoms with van der Waals surface area (Å²) in [7, 11) is 0. The predicted octanol–water partition coefficient (Wildman–Crippen LogP) is 3.91. The molecule has 0 saturated carbocycles. The number of hydrogen-bond donors (Lipinski definition) is 1. The summed E-state index contributed by atoms with van der Waals surface area (Å²) in [5.74, 6) is 0. The molecule has 0 bridgehead atoms. The fourth-order valence-corrected chi connectivity index (χ4v) is 3.67. The lowest BCUT2D eigenvalue weighted by Gasteiger charge is -2.45. The number of rotatable bonds is 4. The predicted molar refractivity (Wildman–Crippen MR) is 89.4 cm³/mol. The Bertz CT molecular complexity index is 490. The molecule has 1 aromatic rings. The molecule has 1 fully saturated rings. The number of nitrogens with one attached hydrogen (secondary N) is 1. The lowest BCUT2D eigenvalue weighted by molar-refractivity contribution is 0.0961. The topological polar surface area (TPSA) is 15.3 Å². The van der Waals surface area contributed by atoms with E-state index in [0.717, 1.165) is 13.1 Å². The Labute approximate surface area is 129 Å². The molecule has 2 heteroatoms. The highest BCUT2D eigenvalue weighted by molar-refractivity contribution is 5.21. The van der Waals surface area contributed by atoms with Crippen molar-refractivity contribution in [2.75, 3.05) is 19.6 Å². The van der Waals surface area contributed by atoms with E-state index in [-0.39, 0.29) is 5.54 Å². The molecule has 0 spiro atoms. The van der Waals surface area contributed by atoms with E-state index < -0.39 is 0 Å². The second kappa shape index (κ2) is 6.33. The van der Waals surface area contributed by atoms with Crippen molar-refractivity contribution in [3.63, 3.8) is 0 Å². The molecule has 2 nitrogen and oxygen atoms in total. The van der Waals surface area contributed by atoms with E-state index in [2.05, 4.69) is 60.5 Å². The molecule has 2 aliphatic rings. The Balaban J connectivity index is 1.70. The molecule has 1 unspecified atom stereocenters. The zero-order valence-corrected chi connectivity index (χ0v) is 13.4. The Morgan fingerprint density at radius 2 is 2.05 bits per heavy atom. The third kappa shape index (κ3) is 3.75. The van der Waals surface area contributed by atoms with Crippen molar-refractivity contribution in [1.29, 1.82) is 0 Å². The molecule has 0 radical (unpaired) electrons. The minimum Gasteiger partial charge on any atom is -0.309 e. The van der Waals surface area contributed by atoms with Gasteiger partial charge in [-0.1, -0.05) is 42.0 Å². The Morgan fingerprint density at radius 1 is 1.24 bits per heavy atom. The molecule has 0 aromatic heterocycles. The van der Waals surface area contributed by atoms with Crippen molar-refractivity contribution in [2.45, 2.75) is 51.1 Å². The smallest absolute Gasteiger partial charge is 0.0473 e. The molecule has 1 aromatic carbocycles. The zero-order valence-electron chi connectivity index (χ0n) is 13.4. The maximum Gasteiger partial charge on any atom is 0.0473 e. The van der Waals surface area contributed by atoms with Gasteiger partial charge >= 0.3 is 0 Å². The summed E-state index contributed by atoms with van der Waals surface area (Å²) < 4.78 is 0. The maximum absolute atomic E-state index is 3.71. The number of benzene rings is 1. The van der Waals surface area contributed by atoms with Gasteiger partial charge in [-0.25, -0.2) is 0 Å². The number of allylic oxidation sites excluding steroid dienone is 1. The molecule has 0 amide bonds. The molecule has 1 atom stereocenters. The fraction of sp³-hybridized carbons (Fsp3) is 0.579. The van der Waals surface area contributed by atoms with Gasteiger partial charge in [-0.15, -0.1) is 0 Å². The van der Waals surface area contributed by atoms with Crippen molar-refractivity contribution in [3.8, 4) is 0 Å². The van der Waals surface area contributed by atoms with Gasteiger partial charge in [0.1, 0.15) is 0 Å². The minimum atomic E-state index is 0.218. The summed E-state index contributed by atoms with van der Waals surface area (Å²) in [6, 6.07) is 11.5. The van der Waals surface area contributed by atoms with Crippen LogP contribution in [0.3, 0.4) is 0 Å². The lowest BCUT2D eigenvalue weighted by atomic mass is 9.94. The largest absolute Gasteiger partial charge is 0.309 e. The molecule has 1 saturated heterocycles. The third-order valence-electron chi connectivity index (χ3n) is 4.85. The van der Waals surface area contributed by atoms with Gasteiger partial charge in [-0.05, 0) is 45.1 Å². The number of hydrogen-bond acceptors (Lipinski definition) is 2. The summed E-state index contributed by atoms with van der Waals surface area (Å²) in [6.45, 7) is 8.00. The Kier molecular flexibility index (Phi) is 4.46. The van der Waals surface area contributed by atoms with Crippen LogP contribution in [0.2, 0.25) is 0 Å². The minimum absolute atomic E-state index is 0.218. The van der Waals surface area contributed by atoms with Crippen LogP contribution >= 0.6 is 0 Å². The molecular weight excluding hydrogens is 256 g/mol. The monoisotopic (exact) mass is 284 g/mol. The highest BCUT2D eigenvalue weighted by Gasteiger charge is 2.32. The molecule has 21 heavy (non-hydrogen) atoms. The van der Waals surface area contributed by atoms with Gasteiger partial charge in [0.25, 0.3) is 0 Å². The molecule has 1 N–H and O–H groups in total. The summed E-state index contributed by atoms with van der Waals surface area (Å²) >= 11 is 0. The SMILES string of the molecule is CC1(C)CN(CCC2=CCCC2)C(c2ccccc2)CN1. The van der Waals surface area contributed by atoms with E-state index in [1.54, 1.807) is 5.57 Å². The van der Waals surface area contributed by atoms with Crippen LogP contribution in [0.5, 0.6) is 0 Å². The highest BCUT2D eigenvalue weighted by Crippen LogP contribution is 2.29. The second-order valence-corrected chi connectivity index (χ2v) is 7.17. The van der Waals surface area contributed by atoms with E-state index >= 15 is 0 Å². The van der Waals surface area contributed by atoms with Crippen molar-refractivity contribution in [2.24, 2.45) is 0 Å². The van der Waals surface area contributed by atoms with Gasteiger partial charge in [0, 0.05) is 31.2 Å². The van der Waals surface area contributed by atoms with Crippen LogP contribution in [0.15, 0.2) is 42.0 Å². The third-order valence-corrected chi connectivity index (χ3v) is 4.85. The molecule has 1 aliphatic heterocycles.